The number of aromatic nitrogens is 3. The van der Waals surface area contributed by atoms with E-state index in [9.17, 15) is 4.21 Å². The van der Waals surface area contributed by atoms with Crippen molar-refractivity contribution in [3.63, 3.8) is 0 Å². The van der Waals surface area contributed by atoms with E-state index in [0.29, 0.717) is 38.4 Å². The molecule has 0 saturated heterocycles. The normalized spacial score (nSPS) is 14.2. The number of aryl methyl sites for hydroxylation is 2. The lowest BCUT2D eigenvalue weighted by Gasteiger charge is -2.27. The van der Waals surface area contributed by atoms with Crippen molar-refractivity contribution in [2.45, 2.75) is 46.6 Å². The Labute approximate surface area is 226 Å². The second-order valence-electron chi connectivity index (χ2n) is 9.53. The molecule has 3 aromatic rings. The van der Waals surface area contributed by atoms with Gasteiger partial charge in [0, 0.05) is 54.9 Å². The van der Waals surface area contributed by atoms with Crippen LogP contribution in [0.2, 0.25) is 5.15 Å². The Morgan fingerprint density at radius 1 is 1.22 bits per heavy atom. The largest absolute Gasteiger partial charge is 0.491 e. The van der Waals surface area contributed by atoms with E-state index in [0.717, 1.165) is 50.9 Å². The van der Waals surface area contributed by atoms with E-state index in [-0.39, 0.29) is 11.1 Å². The Hall–Kier alpha value is -2.75. The fourth-order valence-electron chi connectivity index (χ4n) is 4.74. The van der Waals surface area contributed by atoms with E-state index in [1.807, 2.05) is 6.07 Å². The van der Waals surface area contributed by atoms with Gasteiger partial charge in [-0.2, -0.15) is 0 Å². The zero-order valence-electron chi connectivity index (χ0n) is 22.2. The average molecular weight is 544 g/mol. The topological polar surface area (TPSA) is 89.5 Å². The van der Waals surface area contributed by atoms with Gasteiger partial charge in [0.05, 0.1) is 18.8 Å². The van der Waals surface area contributed by atoms with Crippen LogP contribution in [0.4, 0.5) is 11.5 Å². The number of methoxy groups -OCH3 is 1. The van der Waals surface area contributed by atoms with Gasteiger partial charge in [-0.1, -0.05) is 25.4 Å². The van der Waals surface area contributed by atoms with Crippen LogP contribution in [0.5, 0.6) is 5.75 Å². The van der Waals surface area contributed by atoms with Crippen molar-refractivity contribution >= 4 is 34.1 Å². The summed E-state index contributed by atoms with van der Waals surface area (Å²) < 4.78 is 26.1. The Balaban J connectivity index is 1.75. The summed E-state index contributed by atoms with van der Waals surface area (Å²) >= 11 is 6.23. The minimum absolute atomic E-state index is 0.276. The molecular formula is C27H34ClN5O3S. The number of hydrogen-bond acceptors (Lipinski definition) is 7. The highest BCUT2D eigenvalue weighted by molar-refractivity contribution is 7.85. The van der Waals surface area contributed by atoms with Gasteiger partial charge >= 0.3 is 0 Å². The first-order valence-electron chi connectivity index (χ1n) is 12.3. The fraction of sp³-hybridized carbons (Fsp3) is 0.444. The van der Waals surface area contributed by atoms with E-state index < -0.39 is 11.0 Å². The van der Waals surface area contributed by atoms with Crippen LogP contribution in [-0.4, -0.2) is 52.3 Å². The summed E-state index contributed by atoms with van der Waals surface area (Å²) in [6.45, 7) is 11.0. The molecular weight excluding hydrogens is 510 g/mol. The first kappa shape index (κ1) is 27.3. The van der Waals surface area contributed by atoms with Crippen LogP contribution in [-0.2, 0) is 28.7 Å². The Bertz CT molecular complexity index is 1320. The van der Waals surface area contributed by atoms with Crippen molar-refractivity contribution in [1.29, 1.82) is 0 Å². The molecule has 0 aliphatic carbocycles. The van der Waals surface area contributed by atoms with Gasteiger partial charge in [-0.15, -0.1) is 0 Å². The van der Waals surface area contributed by atoms with Crippen LogP contribution >= 0.6 is 11.6 Å². The van der Waals surface area contributed by atoms with Gasteiger partial charge in [-0.05, 0) is 49.1 Å². The molecule has 1 aromatic carbocycles. The van der Waals surface area contributed by atoms with E-state index in [1.54, 1.807) is 19.6 Å². The predicted octanol–water partition coefficient (Wildman–Crippen LogP) is 5.23. The molecule has 4 rings (SSSR count). The maximum Gasteiger partial charge on any atom is 0.153 e. The molecule has 0 radical (unpaired) electrons. The third-order valence-corrected chi connectivity index (χ3v) is 7.12. The lowest BCUT2D eigenvalue weighted by Crippen LogP contribution is -2.28. The molecule has 198 valence electrons. The van der Waals surface area contributed by atoms with Crippen LogP contribution in [0.25, 0.3) is 11.1 Å². The van der Waals surface area contributed by atoms with Crippen LogP contribution in [0.3, 0.4) is 0 Å². The Morgan fingerprint density at radius 3 is 2.70 bits per heavy atom. The number of halogens is 1. The van der Waals surface area contributed by atoms with Crippen LogP contribution in [0, 0.1) is 13.8 Å². The maximum absolute atomic E-state index is 11.7. The summed E-state index contributed by atoms with van der Waals surface area (Å²) in [7, 11) is 0.431. The average Bonchev–Trinajstić information content (AvgIpc) is 3.06. The van der Waals surface area contributed by atoms with Crippen LogP contribution < -0.4 is 14.4 Å². The molecule has 0 saturated carbocycles. The first-order valence-corrected chi connectivity index (χ1v) is 14.2. The smallest absolute Gasteiger partial charge is 0.153 e. The summed E-state index contributed by atoms with van der Waals surface area (Å²) in [6, 6.07) is 6.09. The van der Waals surface area contributed by atoms with Crippen molar-refractivity contribution in [3.05, 3.63) is 57.8 Å². The molecule has 0 spiro atoms. The molecule has 1 unspecified atom stereocenters. The highest BCUT2D eigenvalue weighted by Gasteiger charge is 2.24. The van der Waals surface area contributed by atoms with Gasteiger partial charge in [0.25, 0.3) is 0 Å². The zero-order chi connectivity index (χ0) is 26.7. The predicted molar refractivity (Wildman–Crippen MR) is 150 cm³/mol. The standard InChI is InChI=1S/C27H34ClN5O3S/c1-16(2)24-18(4)30-23(7-9-35-5)31-27(24)33-8-10-36-25-17(3)11-19(12-21(25)15-33)20-13-22(32-37(6)34)26(28)29-14-20/h11-14,16,32H,7-10,15H2,1-6H3. The number of nitrogens with one attached hydrogen (secondary N) is 1. The van der Waals surface area contributed by atoms with Gasteiger partial charge in [-0.3, -0.25) is 0 Å². The molecule has 1 aliphatic rings. The molecule has 0 bridgehead atoms. The minimum atomic E-state index is -1.26. The molecule has 2 aromatic heterocycles. The van der Waals surface area contributed by atoms with E-state index >= 15 is 0 Å². The van der Waals surface area contributed by atoms with Gasteiger partial charge in [-0.25, -0.2) is 19.2 Å². The molecule has 10 heteroatoms. The number of anilines is 2. The number of rotatable bonds is 8. The molecule has 1 atom stereocenters. The van der Waals surface area contributed by atoms with E-state index in [2.05, 4.69) is 54.4 Å². The van der Waals surface area contributed by atoms with Crippen molar-refractivity contribution in [3.8, 4) is 16.9 Å². The number of fused-ring (bicyclic) bond motifs is 1. The van der Waals surface area contributed by atoms with Crippen molar-refractivity contribution < 1.29 is 13.7 Å². The Kier molecular flexibility index (Phi) is 8.67. The molecule has 37 heavy (non-hydrogen) atoms. The second-order valence-corrected chi connectivity index (χ2v) is 11.0. The lowest BCUT2D eigenvalue weighted by atomic mass is 9.99. The summed E-state index contributed by atoms with van der Waals surface area (Å²) in [5, 5.41) is 0.282. The van der Waals surface area contributed by atoms with Crippen molar-refractivity contribution in [2.75, 3.05) is 42.7 Å². The van der Waals surface area contributed by atoms with Crippen LogP contribution in [0.1, 0.15) is 48.0 Å². The number of ether oxygens (including phenoxy) is 2. The second kappa shape index (κ2) is 11.8. The molecule has 3 heterocycles. The molecule has 8 nitrogen and oxygen atoms in total. The van der Waals surface area contributed by atoms with Gasteiger partial charge in [0.1, 0.15) is 35.0 Å². The van der Waals surface area contributed by atoms with Gasteiger partial charge < -0.3 is 19.1 Å². The molecule has 1 N–H and O–H groups in total. The highest BCUT2D eigenvalue weighted by Crippen LogP contribution is 2.37. The van der Waals surface area contributed by atoms with Gasteiger partial charge in [0.15, 0.2) is 5.15 Å². The molecule has 1 aliphatic heterocycles. The maximum atomic E-state index is 11.7. The molecule has 0 amide bonds. The third-order valence-electron chi connectivity index (χ3n) is 6.32. The lowest BCUT2D eigenvalue weighted by molar-refractivity contribution is 0.200. The summed E-state index contributed by atoms with van der Waals surface area (Å²) in [5.41, 5.74) is 6.67. The van der Waals surface area contributed by atoms with Crippen molar-refractivity contribution in [1.82, 2.24) is 15.0 Å². The number of pyridine rings is 1. The van der Waals surface area contributed by atoms with E-state index in [4.69, 9.17) is 31.0 Å². The molecule has 0 fully saturated rings. The number of hydrogen-bond donors (Lipinski definition) is 1. The monoisotopic (exact) mass is 543 g/mol. The Morgan fingerprint density at radius 2 is 2.00 bits per heavy atom. The minimum Gasteiger partial charge on any atom is -0.491 e. The SMILES string of the molecule is COCCc1nc(C)c(C(C)C)c(N2CCOc3c(C)cc(-c4cnc(Cl)c(NS(C)=O)c4)cc3C2)n1. The first-order chi connectivity index (χ1) is 17.7. The quantitative estimate of drug-likeness (QED) is 0.389. The van der Waals surface area contributed by atoms with Gasteiger partial charge in [0.2, 0.25) is 0 Å². The highest BCUT2D eigenvalue weighted by atomic mass is 35.5. The van der Waals surface area contributed by atoms with Crippen molar-refractivity contribution in [2.24, 2.45) is 0 Å². The third kappa shape index (κ3) is 6.22. The zero-order valence-corrected chi connectivity index (χ0v) is 23.8. The summed E-state index contributed by atoms with van der Waals surface area (Å²) in [4.78, 5) is 16.4. The summed E-state index contributed by atoms with van der Waals surface area (Å²) in [6.07, 6.45) is 3.95. The number of nitrogens with zero attached hydrogens (tertiary/aromatic N) is 4. The van der Waals surface area contributed by atoms with E-state index in [1.165, 1.54) is 0 Å². The summed E-state index contributed by atoms with van der Waals surface area (Å²) in [5.74, 6) is 2.92. The number of benzene rings is 1. The fourth-order valence-corrected chi connectivity index (χ4v) is 5.41. The van der Waals surface area contributed by atoms with Crippen LogP contribution in [0.15, 0.2) is 24.4 Å².